The first kappa shape index (κ1) is 14.9. The Labute approximate surface area is 78.4 Å². The van der Waals surface area contributed by atoms with E-state index >= 15 is 0 Å². The minimum absolute atomic E-state index is 0.242. The van der Waals surface area contributed by atoms with Crippen LogP contribution in [0.3, 0.4) is 0 Å². The molecule has 13 heavy (non-hydrogen) atoms. The molecule has 0 aliphatic carbocycles. The lowest BCUT2D eigenvalue weighted by atomic mass is 10.4. The number of aliphatic carboxylic acids is 1. The van der Waals surface area contributed by atoms with Gasteiger partial charge in [0.1, 0.15) is 0 Å². The van der Waals surface area contributed by atoms with Gasteiger partial charge in [0.2, 0.25) is 0 Å². The molecule has 5 nitrogen and oxygen atoms in total. The fraction of sp³-hybridized carbons (Fsp3) is 0.875. The number of hydrogen-bond donors (Lipinski definition) is 4. The number of carboxylic acid groups (broad SMARTS) is 1. The summed E-state index contributed by atoms with van der Waals surface area (Å²) in [5, 5.41) is 27.2. The van der Waals surface area contributed by atoms with Crippen molar-refractivity contribution in [2.24, 2.45) is 0 Å². The maximum atomic E-state index is 9.00. The highest BCUT2D eigenvalue weighted by Crippen LogP contribution is 1.74. The van der Waals surface area contributed by atoms with E-state index in [4.69, 9.17) is 20.1 Å². The first-order chi connectivity index (χ1) is 6.15. The number of carbonyl (C=O) groups is 1. The van der Waals surface area contributed by atoms with Gasteiger partial charge in [0.05, 0.1) is 0 Å². The molecule has 0 rings (SSSR count). The average molecular weight is 193 g/mol. The normalized spacial score (nSPS) is 8.85. The van der Waals surface area contributed by atoms with Gasteiger partial charge in [-0.1, -0.05) is 0 Å². The molecule has 0 saturated carbocycles. The number of nitrogens with one attached hydrogen (secondary N) is 1. The molecule has 0 fully saturated rings. The summed E-state index contributed by atoms with van der Waals surface area (Å²) >= 11 is 0. The van der Waals surface area contributed by atoms with E-state index in [9.17, 15) is 0 Å². The van der Waals surface area contributed by atoms with Crippen LogP contribution in [-0.4, -0.2) is 47.6 Å². The van der Waals surface area contributed by atoms with Gasteiger partial charge in [-0.3, -0.25) is 4.79 Å². The summed E-state index contributed by atoms with van der Waals surface area (Å²) in [6, 6.07) is 0. The van der Waals surface area contributed by atoms with Crippen LogP contribution in [0.5, 0.6) is 0 Å². The minimum Gasteiger partial charge on any atom is -0.481 e. The summed E-state index contributed by atoms with van der Waals surface area (Å²) in [4.78, 5) is 9.00. The average Bonchev–Trinajstić information content (AvgIpc) is 2.03. The van der Waals surface area contributed by atoms with Gasteiger partial charge >= 0.3 is 0 Å². The molecule has 0 bridgehead atoms. The van der Waals surface area contributed by atoms with Crippen molar-refractivity contribution in [1.29, 1.82) is 0 Å². The van der Waals surface area contributed by atoms with Gasteiger partial charge in [-0.15, -0.1) is 0 Å². The molecular weight excluding hydrogens is 174 g/mol. The van der Waals surface area contributed by atoms with Crippen LogP contribution in [0.1, 0.15) is 19.8 Å². The summed E-state index contributed by atoms with van der Waals surface area (Å²) < 4.78 is 0. The highest BCUT2D eigenvalue weighted by molar-refractivity contribution is 5.62. The highest BCUT2D eigenvalue weighted by atomic mass is 16.4. The molecule has 0 aromatic rings. The largest absolute Gasteiger partial charge is 0.481 e. The van der Waals surface area contributed by atoms with Gasteiger partial charge in [0, 0.05) is 20.1 Å². The second-order valence-electron chi connectivity index (χ2n) is 2.42. The number of aliphatic hydroxyl groups excluding tert-OH is 2. The van der Waals surface area contributed by atoms with Gasteiger partial charge in [0.15, 0.2) is 0 Å². The molecule has 0 saturated heterocycles. The van der Waals surface area contributed by atoms with E-state index in [1.165, 1.54) is 0 Å². The summed E-state index contributed by atoms with van der Waals surface area (Å²) in [6.45, 7) is 3.26. The Balaban J connectivity index is 0. The quantitative estimate of drug-likeness (QED) is 0.424. The Morgan fingerprint density at radius 3 is 1.69 bits per heavy atom. The molecule has 80 valence electrons. The zero-order valence-electron chi connectivity index (χ0n) is 7.99. The zero-order valence-corrected chi connectivity index (χ0v) is 7.99. The van der Waals surface area contributed by atoms with Crippen LogP contribution in [0.4, 0.5) is 0 Å². The molecule has 0 amide bonds. The van der Waals surface area contributed by atoms with Crippen LogP contribution in [-0.2, 0) is 4.79 Å². The van der Waals surface area contributed by atoms with Crippen LogP contribution in [0.25, 0.3) is 0 Å². The van der Waals surface area contributed by atoms with Crippen LogP contribution >= 0.6 is 0 Å². The molecule has 0 unspecified atom stereocenters. The van der Waals surface area contributed by atoms with Crippen LogP contribution in [0.2, 0.25) is 0 Å². The molecule has 0 aromatic heterocycles. The van der Waals surface area contributed by atoms with Crippen LogP contribution in [0, 0.1) is 0 Å². The number of aliphatic hydroxyl groups is 2. The fourth-order valence-corrected chi connectivity index (χ4v) is 0.533. The Morgan fingerprint density at radius 2 is 1.46 bits per heavy atom. The second-order valence-corrected chi connectivity index (χ2v) is 2.42. The molecular formula is C8H19NO4. The predicted molar refractivity (Wildman–Crippen MR) is 49.6 cm³/mol. The molecule has 4 N–H and O–H groups in total. The van der Waals surface area contributed by atoms with Gasteiger partial charge in [0.25, 0.3) is 5.97 Å². The third-order valence-electron chi connectivity index (χ3n) is 1.02. The van der Waals surface area contributed by atoms with Gasteiger partial charge in [-0.2, -0.15) is 0 Å². The fourth-order valence-electron chi connectivity index (χ4n) is 0.533. The van der Waals surface area contributed by atoms with Crippen molar-refractivity contribution in [3.8, 4) is 0 Å². The lowest BCUT2D eigenvalue weighted by Gasteiger charge is -1.99. The van der Waals surface area contributed by atoms with Crippen molar-refractivity contribution < 1.29 is 20.1 Å². The van der Waals surface area contributed by atoms with E-state index in [1.54, 1.807) is 0 Å². The standard InChI is InChI=1S/C6H15NO2.C2H4O2/c8-5-1-3-7-4-2-6-9;1-2(3)4/h7-9H,1-6H2;1H3,(H,3,4). The van der Waals surface area contributed by atoms with Crippen LogP contribution in [0.15, 0.2) is 0 Å². The molecule has 0 atom stereocenters. The van der Waals surface area contributed by atoms with Crippen molar-refractivity contribution in [2.75, 3.05) is 26.3 Å². The zero-order chi connectivity index (χ0) is 10.5. The maximum absolute atomic E-state index is 9.00. The Kier molecular flexibility index (Phi) is 15.9. The molecule has 0 heterocycles. The van der Waals surface area contributed by atoms with Gasteiger partial charge < -0.3 is 20.6 Å². The molecule has 0 aromatic carbocycles. The van der Waals surface area contributed by atoms with Gasteiger partial charge in [-0.25, -0.2) is 0 Å². The lowest BCUT2D eigenvalue weighted by Crippen LogP contribution is -2.18. The molecule has 0 aliphatic rings. The summed E-state index contributed by atoms with van der Waals surface area (Å²) in [5.41, 5.74) is 0. The third kappa shape index (κ3) is 34.7. The molecule has 0 aliphatic heterocycles. The highest BCUT2D eigenvalue weighted by Gasteiger charge is 1.84. The molecule has 0 radical (unpaired) electrons. The van der Waals surface area contributed by atoms with E-state index in [2.05, 4.69) is 5.32 Å². The van der Waals surface area contributed by atoms with E-state index in [-0.39, 0.29) is 13.2 Å². The minimum atomic E-state index is -0.833. The first-order valence-corrected chi connectivity index (χ1v) is 4.27. The van der Waals surface area contributed by atoms with Crippen LogP contribution < -0.4 is 5.32 Å². The summed E-state index contributed by atoms with van der Waals surface area (Å²) in [5.74, 6) is -0.833. The van der Waals surface area contributed by atoms with Crippen molar-refractivity contribution >= 4 is 5.97 Å². The summed E-state index contributed by atoms with van der Waals surface area (Å²) in [7, 11) is 0. The van der Waals surface area contributed by atoms with E-state index < -0.39 is 5.97 Å². The van der Waals surface area contributed by atoms with E-state index in [1.807, 2.05) is 0 Å². The lowest BCUT2D eigenvalue weighted by molar-refractivity contribution is -0.134. The van der Waals surface area contributed by atoms with Crippen molar-refractivity contribution in [3.63, 3.8) is 0 Å². The maximum Gasteiger partial charge on any atom is 0.300 e. The Morgan fingerprint density at radius 1 is 1.15 bits per heavy atom. The van der Waals surface area contributed by atoms with E-state index in [0.29, 0.717) is 0 Å². The monoisotopic (exact) mass is 193 g/mol. The second kappa shape index (κ2) is 13.9. The Bertz CT molecular complexity index is 98.3. The smallest absolute Gasteiger partial charge is 0.300 e. The Hall–Kier alpha value is -0.650. The van der Waals surface area contributed by atoms with Crippen molar-refractivity contribution in [3.05, 3.63) is 0 Å². The SMILES string of the molecule is CC(=O)O.OCCCNCCCO. The third-order valence-corrected chi connectivity index (χ3v) is 1.02. The number of carboxylic acids is 1. The molecule has 0 spiro atoms. The van der Waals surface area contributed by atoms with Gasteiger partial charge in [-0.05, 0) is 25.9 Å². The van der Waals surface area contributed by atoms with Crippen molar-refractivity contribution in [1.82, 2.24) is 5.32 Å². The predicted octanol–water partition coefficient (Wildman–Crippen LogP) is -0.568. The van der Waals surface area contributed by atoms with E-state index in [0.717, 1.165) is 32.9 Å². The first-order valence-electron chi connectivity index (χ1n) is 4.27. The number of rotatable bonds is 6. The topological polar surface area (TPSA) is 89.8 Å². The number of hydrogen-bond acceptors (Lipinski definition) is 4. The molecule has 5 heteroatoms. The summed E-state index contributed by atoms with van der Waals surface area (Å²) in [6.07, 6.45) is 1.59. The van der Waals surface area contributed by atoms with Crippen molar-refractivity contribution in [2.45, 2.75) is 19.8 Å².